The second-order valence-electron chi connectivity index (χ2n) is 5.61. The predicted octanol–water partition coefficient (Wildman–Crippen LogP) is 2.75. The van der Waals surface area contributed by atoms with Crippen LogP contribution in [-0.2, 0) is 13.0 Å². The number of thiazole rings is 1. The summed E-state index contributed by atoms with van der Waals surface area (Å²) in [5.74, 6) is -0.0959. The highest BCUT2D eigenvalue weighted by Crippen LogP contribution is 2.23. The zero-order chi connectivity index (χ0) is 15.6. The van der Waals surface area contributed by atoms with Gasteiger partial charge in [0.15, 0.2) is 0 Å². The van der Waals surface area contributed by atoms with E-state index in [1.165, 1.54) is 17.0 Å². The van der Waals surface area contributed by atoms with Gasteiger partial charge in [-0.15, -0.1) is 11.3 Å². The molecule has 1 amide bonds. The van der Waals surface area contributed by atoms with E-state index in [1.807, 2.05) is 52.7 Å². The molecule has 0 bridgehead atoms. The van der Waals surface area contributed by atoms with E-state index in [1.54, 1.807) is 0 Å². The van der Waals surface area contributed by atoms with Crippen LogP contribution in [0.15, 0.2) is 48.0 Å². The number of amides is 1. The molecule has 3 heterocycles. The minimum atomic E-state index is -0.0959. The second kappa shape index (κ2) is 5.96. The summed E-state index contributed by atoms with van der Waals surface area (Å²) in [5, 5.41) is 10.1. The number of carbonyl (C=O) groups is 1. The number of rotatable bonds is 3. The van der Waals surface area contributed by atoms with E-state index in [0.717, 1.165) is 30.0 Å². The van der Waals surface area contributed by atoms with Crippen molar-refractivity contribution in [3.05, 3.63) is 59.4 Å². The minimum Gasteiger partial charge on any atom is -0.347 e. The Kier molecular flexibility index (Phi) is 3.67. The molecule has 0 spiro atoms. The predicted molar refractivity (Wildman–Crippen MR) is 89.4 cm³/mol. The Hall–Kier alpha value is -2.47. The van der Waals surface area contributed by atoms with Gasteiger partial charge in [0, 0.05) is 41.8 Å². The van der Waals surface area contributed by atoms with Crippen molar-refractivity contribution in [1.82, 2.24) is 20.1 Å². The van der Waals surface area contributed by atoms with Gasteiger partial charge in [0.05, 0.1) is 0 Å². The second-order valence-corrected chi connectivity index (χ2v) is 6.47. The van der Waals surface area contributed by atoms with Crippen molar-refractivity contribution < 1.29 is 4.79 Å². The fraction of sp³-hybridized carbons (Fsp3) is 0.235. The van der Waals surface area contributed by atoms with Crippen molar-refractivity contribution in [3.8, 4) is 10.6 Å². The van der Waals surface area contributed by atoms with Crippen molar-refractivity contribution in [2.45, 2.75) is 25.4 Å². The molecular formula is C17H16N4OS. The summed E-state index contributed by atoms with van der Waals surface area (Å²) >= 11 is 1.50. The van der Waals surface area contributed by atoms with Crippen molar-refractivity contribution in [3.63, 3.8) is 0 Å². The van der Waals surface area contributed by atoms with Crippen LogP contribution in [0.25, 0.3) is 10.6 Å². The van der Waals surface area contributed by atoms with Crippen LogP contribution in [0, 0.1) is 0 Å². The summed E-state index contributed by atoms with van der Waals surface area (Å²) in [6.45, 7) is 0.847. The maximum Gasteiger partial charge on any atom is 0.271 e. The smallest absolute Gasteiger partial charge is 0.271 e. The lowest BCUT2D eigenvalue weighted by atomic mass is 10.0. The Labute approximate surface area is 138 Å². The summed E-state index contributed by atoms with van der Waals surface area (Å²) in [5.41, 5.74) is 2.70. The molecule has 0 saturated carbocycles. The third kappa shape index (κ3) is 2.90. The number of aromatic nitrogens is 3. The fourth-order valence-corrected chi connectivity index (χ4v) is 3.65. The molecule has 5 nitrogen and oxygen atoms in total. The Morgan fingerprint density at radius 1 is 1.26 bits per heavy atom. The van der Waals surface area contributed by atoms with E-state index >= 15 is 0 Å². The van der Waals surface area contributed by atoms with E-state index < -0.39 is 0 Å². The largest absolute Gasteiger partial charge is 0.347 e. The molecule has 6 heteroatoms. The Morgan fingerprint density at radius 3 is 3.00 bits per heavy atom. The molecule has 2 aromatic heterocycles. The number of fused-ring (bicyclic) bond motifs is 1. The van der Waals surface area contributed by atoms with Crippen LogP contribution >= 0.6 is 11.3 Å². The highest BCUT2D eigenvalue weighted by molar-refractivity contribution is 7.13. The van der Waals surface area contributed by atoms with Crippen LogP contribution in [0.1, 0.15) is 22.6 Å². The van der Waals surface area contributed by atoms with Gasteiger partial charge in [0.2, 0.25) is 0 Å². The van der Waals surface area contributed by atoms with Crippen LogP contribution < -0.4 is 5.32 Å². The molecule has 0 aliphatic carbocycles. The molecule has 0 radical (unpaired) electrons. The Morgan fingerprint density at radius 2 is 2.13 bits per heavy atom. The number of nitrogens with zero attached hydrogens (tertiary/aromatic N) is 3. The Bertz CT molecular complexity index is 824. The molecular weight excluding hydrogens is 308 g/mol. The van der Waals surface area contributed by atoms with Gasteiger partial charge in [0.1, 0.15) is 10.7 Å². The summed E-state index contributed by atoms with van der Waals surface area (Å²) in [6.07, 6.45) is 3.53. The quantitative estimate of drug-likeness (QED) is 0.806. The number of nitrogens with one attached hydrogen (secondary N) is 1. The zero-order valence-electron chi connectivity index (χ0n) is 12.5. The SMILES string of the molecule is O=C(N[C@H]1CCn2nccc2C1)c1csc(-c2ccccc2)n1. The first-order valence-corrected chi connectivity index (χ1v) is 8.50. The van der Waals surface area contributed by atoms with E-state index in [2.05, 4.69) is 15.4 Å². The average molecular weight is 324 g/mol. The molecule has 116 valence electrons. The zero-order valence-corrected chi connectivity index (χ0v) is 13.3. The van der Waals surface area contributed by atoms with E-state index in [4.69, 9.17) is 0 Å². The first kappa shape index (κ1) is 14.1. The van der Waals surface area contributed by atoms with E-state index in [9.17, 15) is 4.79 Å². The number of hydrogen-bond donors (Lipinski definition) is 1. The van der Waals surface area contributed by atoms with Crippen LogP contribution in [0.4, 0.5) is 0 Å². The molecule has 23 heavy (non-hydrogen) atoms. The van der Waals surface area contributed by atoms with Crippen LogP contribution in [0.2, 0.25) is 0 Å². The van der Waals surface area contributed by atoms with E-state index in [-0.39, 0.29) is 11.9 Å². The van der Waals surface area contributed by atoms with Crippen LogP contribution in [0.5, 0.6) is 0 Å². The molecule has 0 unspecified atom stereocenters. The molecule has 3 aromatic rings. The number of hydrogen-bond acceptors (Lipinski definition) is 4. The van der Waals surface area contributed by atoms with Crippen molar-refractivity contribution in [1.29, 1.82) is 0 Å². The number of aryl methyl sites for hydroxylation is 1. The lowest BCUT2D eigenvalue weighted by Gasteiger charge is -2.23. The van der Waals surface area contributed by atoms with Gasteiger partial charge < -0.3 is 5.32 Å². The molecule has 1 aliphatic rings. The van der Waals surface area contributed by atoms with Gasteiger partial charge in [-0.05, 0) is 12.5 Å². The Balaban J connectivity index is 1.45. The van der Waals surface area contributed by atoms with Gasteiger partial charge in [0.25, 0.3) is 5.91 Å². The molecule has 1 aliphatic heterocycles. The summed E-state index contributed by atoms with van der Waals surface area (Å²) in [4.78, 5) is 16.9. The van der Waals surface area contributed by atoms with Gasteiger partial charge in [-0.3, -0.25) is 9.48 Å². The fourth-order valence-electron chi connectivity index (χ4n) is 2.84. The molecule has 0 saturated heterocycles. The van der Waals surface area contributed by atoms with Crippen LogP contribution in [0.3, 0.4) is 0 Å². The number of carbonyl (C=O) groups excluding carboxylic acids is 1. The molecule has 4 rings (SSSR count). The van der Waals surface area contributed by atoms with Crippen molar-refractivity contribution >= 4 is 17.2 Å². The maximum atomic E-state index is 12.4. The molecule has 1 atom stereocenters. The van der Waals surface area contributed by atoms with Gasteiger partial charge in [-0.1, -0.05) is 30.3 Å². The lowest BCUT2D eigenvalue weighted by molar-refractivity contribution is 0.0926. The average Bonchev–Trinajstić information content (AvgIpc) is 3.24. The lowest BCUT2D eigenvalue weighted by Crippen LogP contribution is -2.40. The summed E-state index contributed by atoms with van der Waals surface area (Å²) in [6, 6.07) is 12.1. The third-order valence-electron chi connectivity index (χ3n) is 4.04. The topological polar surface area (TPSA) is 59.8 Å². The van der Waals surface area contributed by atoms with Crippen molar-refractivity contribution in [2.75, 3.05) is 0 Å². The summed E-state index contributed by atoms with van der Waals surface area (Å²) in [7, 11) is 0. The van der Waals surface area contributed by atoms with Gasteiger partial charge >= 0.3 is 0 Å². The van der Waals surface area contributed by atoms with Crippen LogP contribution in [-0.4, -0.2) is 26.7 Å². The monoisotopic (exact) mass is 324 g/mol. The van der Waals surface area contributed by atoms with Gasteiger partial charge in [-0.25, -0.2) is 4.98 Å². The third-order valence-corrected chi connectivity index (χ3v) is 4.93. The van der Waals surface area contributed by atoms with Gasteiger partial charge in [-0.2, -0.15) is 5.10 Å². The first-order valence-electron chi connectivity index (χ1n) is 7.62. The van der Waals surface area contributed by atoms with E-state index in [0.29, 0.717) is 5.69 Å². The molecule has 1 N–H and O–H groups in total. The highest BCUT2D eigenvalue weighted by atomic mass is 32.1. The van der Waals surface area contributed by atoms with Crippen molar-refractivity contribution in [2.24, 2.45) is 0 Å². The molecule has 0 fully saturated rings. The number of benzene rings is 1. The summed E-state index contributed by atoms with van der Waals surface area (Å²) < 4.78 is 2.00. The first-order chi connectivity index (χ1) is 11.3. The highest BCUT2D eigenvalue weighted by Gasteiger charge is 2.22. The maximum absolute atomic E-state index is 12.4. The normalized spacial score (nSPS) is 16.8. The minimum absolute atomic E-state index is 0.0959. The molecule has 1 aromatic carbocycles. The standard InChI is InChI=1S/C17H16N4OS/c22-16(19-13-7-9-21-14(10-13)6-8-18-21)15-11-23-17(20-15)12-4-2-1-3-5-12/h1-6,8,11,13H,7,9-10H2,(H,19,22)/t13-/m0/s1.